The van der Waals surface area contributed by atoms with Crippen LogP contribution in [0.1, 0.15) is 13.8 Å². The van der Waals surface area contributed by atoms with Gasteiger partial charge >= 0.3 is 5.82 Å². The van der Waals surface area contributed by atoms with Crippen molar-refractivity contribution in [3.05, 3.63) is 22.4 Å². The van der Waals surface area contributed by atoms with Crippen molar-refractivity contribution in [1.29, 1.82) is 0 Å². The molecule has 1 rings (SSSR count). The Labute approximate surface area is 104 Å². The predicted molar refractivity (Wildman–Crippen MR) is 62.8 cm³/mol. The van der Waals surface area contributed by atoms with E-state index in [1.54, 1.807) is 20.9 Å². The molecular formula is C10H16N4O4. The van der Waals surface area contributed by atoms with E-state index in [9.17, 15) is 14.9 Å². The zero-order valence-corrected chi connectivity index (χ0v) is 10.5. The molecule has 1 heterocycles. The Balaban J connectivity index is 2.72. The molecule has 1 aromatic rings. The summed E-state index contributed by atoms with van der Waals surface area (Å²) in [5.74, 6) is -0.584. The van der Waals surface area contributed by atoms with E-state index in [1.165, 1.54) is 21.8 Å². The highest BCUT2D eigenvalue weighted by molar-refractivity contribution is 5.76. The van der Waals surface area contributed by atoms with Gasteiger partial charge in [0.1, 0.15) is 6.54 Å². The molecule has 100 valence electrons. The molecule has 0 fully saturated rings. The lowest BCUT2D eigenvalue weighted by atomic mass is 10.1. The molecule has 0 atom stereocenters. The lowest BCUT2D eigenvalue weighted by molar-refractivity contribution is -0.389. The summed E-state index contributed by atoms with van der Waals surface area (Å²) in [5, 5.41) is 23.2. The number of amides is 1. The molecule has 0 spiro atoms. The second-order valence-electron chi connectivity index (χ2n) is 4.55. The van der Waals surface area contributed by atoms with Crippen molar-refractivity contribution in [3.63, 3.8) is 0 Å². The first-order chi connectivity index (χ1) is 8.27. The Morgan fingerprint density at radius 3 is 2.72 bits per heavy atom. The van der Waals surface area contributed by atoms with Crippen LogP contribution in [0.5, 0.6) is 0 Å². The number of hydrogen-bond donors (Lipinski definition) is 1. The molecule has 0 aromatic carbocycles. The van der Waals surface area contributed by atoms with Crippen LogP contribution in [-0.4, -0.2) is 49.8 Å². The van der Waals surface area contributed by atoms with E-state index in [0.29, 0.717) is 0 Å². The van der Waals surface area contributed by atoms with Gasteiger partial charge in [0, 0.05) is 7.05 Å². The van der Waals surface area contributed by atoms with E-state index in [4.69, 9.17) is 5.11 Å². The summed E-state index contributed by atoms with van der Waals surface area (Å²) in [7, 11) is 1.57. The van der Waals surface area contributed by atoms with Crippen LogP contribution in [0.25, 0.3) is 0 Å². The van der Waals surface area contributed by atoms with E-state index < -0.39 is 10.5 Å². The summed E-state index contributed by atoms with van der Waals surface area (Å²) in [6.07, 6.45) is 1.37. The van der Waals surface area contributed by atoms with Crippen LogP contribution in [-0.2, 0) is 11.3 Å². The van der Waals surface area contributed by atoms with Crippen molar-refractivity contribution < 1.29 is 14.8 Å². The monoisotopic (exact) mass is 256 g/mol. The minimum atomic E-state index is -0.684. The number of carbonyl (C=O) groups excluding carboxylic acids is 1. The minimum absolute atomic E-state index is 0.103. The first-order valence-corrected chi connectivity index (χ1v) is 5.33. The average Bonchev–Trinajstić information content (AvgIpc) is 2.76. The van der Waals surface area contributed by atoms with Crippen LogP contribution in [0, 0.1) is 10.1 Å². The van der Waals surface area contributed by atoms with E-state index >= 15 is 0 Å². The second kappa shape index (κ2) is 5.13. The first kappa shape index (κ1) is 14.1. The van der Waals surface area contributed by atoms with Gasteiger partial charge in [0.15, 0.2) is 0 Å². The quantitative estimate of drug-likeness (QED) is 0.591. The maximum absolute atomic E-state index is 11.9. The van der Waals surface area contributed by atoms with E-state index in [-0.39, 0.29) is 24.9 Å². The highest BCUT2D eigenvalue weighted by Gasteiger charge is 2.27. The molecule has 1 N–H and O–H groups in total. The molecular weight excluding hydrogens is 240 g/mol. The Bertz CT molecular complexity index is 454. The number of aliphatic hydroxyl groups is 1. The minimum Gasteiger partial charge on any atom is -0.394 e. The van der Waals surface area contributed by atoms with Crippen molar-refractivity contribution in [3.8, 4) is 0 Å². The molecule has 0 aliphatic heterocycles. The van der Waals surface area contributed by atoms with Crippen molar-refractivity contribution in [2.24, 2.45) is 0 Å². The summed E-state index contributed by atoms with van der Waals surface area (Å²) >= 11 is 0. The van der Waals surface area contributed by atoms with Crippen molar-refractivity contribution >= 4 is 11.7 Å². The standard InChI is InChI=1S/C10H16N4O4/c1-10(2,7-15)12(3)9(16)6-13-5-4-8(11-13)14(17)18/h4-5,15H,6-7H2,1-3H3. The van der Waals surface area contributed by atoms with Gasteiger partial charge < -0.3 is 20.1 Å². The molecule has 18 heavy (non-hydrogen) atoms. The summed E-state index contributed by atoms with van der Waals surface area (Å²) < 4.78 is 1.20. The molecule has 1 amide bonds. The molecule has 8 nitrogen and oxygen atoms in total. The Morgan fingerprint density at radius 2 is 2.28 bits per heavy atom. The van der Waals surface area contributed by atoms with Gasteiger partial charge in [-0.2, -0.15) is 4.68 Å². The predicted octanol–water partition coefficient (Wildman–Crippen LogP) is 0.0206. The van der Waals surface area contributed by atoms with Gasteiger partial charge in [-0.15, -0.1) is 0 Å². The molecule has 0 aliphatic rings. The zero-order valence-electron chi connectivity index (χ0n) is 10.5. The fraction of sp³-hybridized carbons (Fsp3) is 0.600. The number of aliphatic hydroxyl groups excluding tert-OH is 1. The summed E-state index contributed by atoms with van der Waals surface area (Å²) in [6, 6.07) is 1.23. The van der Waals surface area contributed by atoms with Gasteiger partial charge in [-0.1, -0.05) is 0 Å². The third-order valence-corrected chi connectivity index (χ3v) is 2.78. The Kier molecular flexibility index (Phi) is 4.02. The summed E-state index contributed by atoms with van der Waals surface area (Å²) in [6.45, 7) is 3.16. The number of carbonyl (C=O) groups is 1. The zero-order chi connectivity index (χ0) is 13.9. The van der Waals surface area contributed by atoms with E-state index in [1.807, 2.05) is 0 Å². The topological polar surface area (TPSA) is 102 Å². The normalized spacial score (nSPS) is 11.3. The highest BCUT2D eigenvalue weighted by Crippen LogP contribution is 2.12. The maximum atomic E-state index is 11.9. The largest absolute Gasteiger partial charge is 0.394 e. The fourth-order valence-electron chi connectivity index (χ4n) is 1.22. The van der Waals surface area contributed by atoms with Crippen LogP contribution < -0.4 is 0 Å². The van der Waals surface area contributed by atoms with E-state index in [0.717, 1.165) is 0 Å². The number of rotatable bonds is 5. The van der Waals surface area contributed by atoms with Gasteiger partial charge in [-0.25, -0.2) is 0 Å². The van der Waals surface area contributed by atoms with Crippen LogP contribution in [0.2, 0.25) is 0 Å². The third-order valence-electron chi connectivity index (χ3n) is 2.78. The molecule has 0 radical (unpaired) electrons. The van der Waals surface area contributed by atoms with E-state index in [2.05, 4.69) is 5.10 Å². The lowest BCUT2D eigenvalue weighted by Crippen LogP contribution is -2.48. The van der Waals surface area contributed by atoms with Crippen molar-refractivity contribution in [2.75, 3.05) is 13.7 Å². The van der Waals surface area contributed by atoms with Crippen LogP contribution in [0.15, 0.2) is 12.3 Å². The molecule has 8 heteroatoms. The molecule has 0 bridgehead atoms. The van der Waals surface area contributed by atoms with Gasteiger partial charge in [-0.3, -0.25) is 4.79 Å². The second-order valence-corrected chi connectivity index (χ2v) is 4.55. The van der Waals surface area contributed by atoms with Gasteiger partial charge in [-0.05, 0) is 18.8 Å². The smallest absolute Gasteiger partial charge is 0.389 e. The van der Waals surface area contributed by atoms with Gasteiger partial charge in [0.05, 0.1) is 29.5 Å². The van der Waals surface area contributed by atoms with Crippen molar-refractivity contribution in [2.45, 2.75) is 25.9 Å². The van der Waals surface area contributed by atoms with Crippen molar-refractivity contribution in [1.82, 2.24) is 14.7 Å². The molecule has 1 aromatic heterocycles. The third kappa shape index (κ3) is 3.04. The number of likely N-dealkylation sites (N-methyl/N-ethyl adjacent to an activating group) is 1. The average molecular weight is 256 g/mol. The SMILES string of the molecule is CN(C(=O)Cn1ccc([N+](=O)[O-])n1)C(C)(C)CO. The summed E-state index contributed by atoms with van der Waals surface area (Å²) in [4.78, 5) is 23.1. The Hall–Kier alpha value is -1.96. The number of nitro groups is 1. The number of aromatic nitrogens is 2. The fourth-order valence-corrected chi connectivity index (χ4v) is 1.22. The lowest BCUT2D eigenvalue weighted by Gasteiger charge is -2.33. The molecule has 0 saturated heterocycles. The van der Waals surface area contributed by atoms with Crippen LogP contribution in [0.3, 0.4) is 0 Å². The molecule has 0 unspecified atom stereocenters. The molecule has 0 aliphatic carbocycles. The highest BCUT2D eigenvalue weighted by atomic mass is 16.6. The van der Waals surface area contributed by atoms with Crippen LogP contribution in [0.4, 0.5) is 5.82 Å². The number of hydrogen-bond acceptors (Lipinski definition) is 5. The Morgan fingerprint density at radius 1 is 1.67 bits per heavy atom. The maximum Gasteiger partial charge on any atom is 0.389 e. The molecule has 0 saturated carbocycles. The van der Waals surface area contributed by atoms with Gasteiger partial charge in [0.25, 0.3) is 0 Å². The van der Waals surface area contributed by atoms with Crippen LogP contribution >= 0.6 is 0 Å². The first-order valence-electron chi connectivity index (χ1n) is 5.33. The summed E-state index contributed by atoms with van der Waals surface area (Å²) in [5.41, 5.74) is -0.684. The van der Waals surface area contributed by atoms with Gasteiger partial charge in [0.2, 0.25) is 5.91 Å². The number of nitrogens with zero attached hydrogens (tertiary/aromatic N) is 4.